The molecule has 1 unspecified atom stereocenters. The van der Waals surface area contributed by atoms with Crippen LogP contribution in [-0.4, -0.2) is 16.1 Å². The van der Waals surface area contributed by atoms with Crippen molar-refractivity contribution in [2.24, 2.45) is 12.8 Å². The molecule has 0 aliphatic heterocycles. The highest BCUT2D eigenvalue weighted by atomic mass is 32.2. The second kappa shape index (κ2) is 5.18. The molecule has 0 saturated heterocycles. The Kier molecular flexibility index (Phi) is 3.64. The number of thioether (sulfide) groups is 1. The molecule has 1 aromatic carbocycles. The van der Waals surface area contributed by atoms with Gasteiger partial charge in [-0.15, -0.1) is 0 Å². The summed E-state index contributed by atoms with van der Waals surface area (Å²) in [5.74, 6) is 0. The molecule has 0 radical (unpaired) electrons. The summed E-state index contributed by atoms with van der Waals surface area (Å²) in [6.45, 7) is 0.613. The molecule has 2 N–H and O–H groups in total. The fourth-order valence-corrected chi connectivity index (χ4v) is 2.51. The third-order valence-electron chi connectivity index (χ3n) is 2.41. The van der Waals surface area contributed by atoms with E-state index in [-0.39, 0.29) is 5.25 Å². The van der Waals surface area contributed by atoms with Crippen molar-refractivity contribution in [2.45, 2.75) is 10.4 Å². The van der Waals surface area contributed by atoms with E-state index in [1.807, 2.05) is 36.0 Å². The predicted molar refractivity (Wildman–Crippen MR) is 67.3 cm³/mol. The average Bonchev–Trinajstić information content (AvgIpc) is 2.73. The van der Waals surface area contributed by atoms with Crippen LogP contribution in [0.2, 0.25) is 0 Å². The molecule has 2 rings (SSSR count). The van der Waals surface area contributed by atoms with Crippen molar-refractivity contribution in [3.63, 3.8) is 0 Å². The van der Waals surface area contributed by atoms with Gasteiger partial charge >= 0.3 is 0 Å². The second-order valence-corrected chi connectivity index (χ2v) is 4.74. The fourth-order valence-electron chi connectivity index (χ4n) is 1.51. The minimum Gasteiger partial charge on any atom is -0.329 e. The summed E-state index contributed by atoms with van der Waals surface area (Å²) < 4.78 is 2.01. The standard InChI is InChI=1S/C12H15N3S/c1-15-8-7-14-12(15)16-11(9-13)10-5-3-2-4-6-10/h2-8,11H,9,13H2,1H3. The number of rotatable bonds is 4. The molecular formula is C12H15N3S. The SMILES string of the molecule is Cn1ccnc1SC(CN)c1ccccc1. The molecule has 16 heavy (non-hydrogen) atoms. The largest absolute Gasteiger partial charge is 0.329 e. The van der Waals surface area contributed by atoms with Crippen molar-refractivity contribution >= 4 is 11.8 Å². The lowest BCUT2D eigenvalue weighted by Gasteiger charge is -2.14. The Labute approximate surface area is 99.7 Å². The Morgan fingerprint density at radius 1 is 1.38 bits per heavy atom. The minimum absolute atomic E-state index is 0.266. The van der Waals surface area contributed by atoms with Gasteiger partial charge in [-0.25, -0.2) is 4.98 Å². The zero-order valence-corrected chi connectivity index (χ0v) is 10.0. The lowest BCUT2D eigenvalue weighted by molar-refractivity contribution is 0.783. The van der Waals surface area contributed by atoms with Crippen molar-refractivity contribution in [1.82, 2.24) is 9.55 Å². The van der Waals surface area contributed by atoms with Crippen LogP contribution in [0.25, 0.3) is 0 Å². The van der Waals surface area contributed by atoms with E-state index in [4.69, 9.17) is 5.73 Å². The van der Waals surface area contributed by atoms with E-state index in [9.17, 15) is 0 Å². The molecule has 3 nitrogen and oxygen atoms in total. The van der Waals surface area contributed by atoms with Crippen molar-refractivity contribution in [3.8, 4) is 0 Å². The van der Waals surface area contributed by atoms with Gasteiger partial charge in [-0.3, -0.25) is 0 Å². The molecule has 1 heterocycles. The average molecular weight is 233 g/mol. The van der Waals surface area contributed by atoms with E-state index in [2.05, 4.69) is 17.1 Å². The Hall–Kier alpha value is -1.26. The molecule has 0 bridgehead atoms. The van der Waals surface area contributed by atoms with Crippen LogP contribution >= 0.6 is 11.8 Å². The lowest BCUT2D eigenvalue weighted by Crippen LogP contribution is -2.10. The van der Waals surface area contributed by atoms with Crippen molar-refractivity contribution in [2.75, 3.05) is 6.54 Å². The zero-order valence-electron chi connectivity index (χ0n) is 9.21. The summed E-state index contributed by atoms with van der Waals surface area (Å²) in [4.78, 5) is 4.30. The number of hydrogen-bond donors (Lipinski definition) is 1. The van der Waals surface area contributed by atoms with Crippen LogP contribution in [0, 0.1) is 0 Å². The zero-order chi connectivity index (χ0) is 11.4. The Balaban J connectivity index is 2.16. The quantitative estimate of drug-likeness (QED) is 0.823. The predicted octanol–water partition coefficient (Wildman–Crippen LogP) is 2.21. The van der Waals surface area contributed by atoms with E-state index in [1.54, 1.807) is 18.0 Å². The van der Waals surface area contributed by atoms with Crippen LogP contribution in [0.3, 0.4) is 0 Å². The Morgan fingerprint density at radius 2 is 2.12 bits per heavy atom. The van der Waals surface area contributed by atoms with Crippen molar-refractivity contribution in [1.29, 1.82) is 0 Å². The molecule has 2 aromatic rings. The van der Waals surface area contributed by atoms with Gasteiger partial charge in [0.2, 0.25) is 0 Å². The molecule has 0 aliphatic carbocycles. The first-order valence-electron chi connectivity index (χ1n) is 5.20. The topological polar surface area (TPSA) is 43.8 Å². The minimum atomic E-state index is 0.266. The van der Waals surface area contributed by atoms with Gasteiger partial charge in [-0.1, -0.05) is 42.1 Å². The highest BCUT2D eigenvalue weighted by Crippen LogP contribution is 2.32. The Morgan fingerprint density at radius 3 is 2.69 bits per heavy atom. The van der Waals surface area contributed by atoms with Gasteiger partial charge in [0.25, 0.3) is 0 Å². The molecule has 0 fully saturated rings. The summed E-state index contributed by atoms with van der Waals surface area (Å²) in [6, 6.07) is 10.3. The van der Waals surface area contributed by atoms with E-state index >= 15 is 0 Å². The number of imidazole rings is 1. The normalized spacial score (nSPS) is 12.6. The van der Waals surface area contributed by atoms with Crippen LogP contribution in [-0.2, 0) is 7.05 Å². The maximum absolute atomic E-state index is 5.81. The number of nitrogens with zero attached hydrogens (tertiary/aromatic N) is 2. The van der Waals surface area contributed by atoms with Gasteiger partial charge in [-0.05, 0) is 5.56 Å². The number of aryl methyl sites for hydroxylation is 1. The van der Waals surface area contributed by atoms with Gasteiger partial charge in [0.1, 0.15) is 0 Å². The van der Waals surface area contributed by atoms with E-state index in [0.717, 1.165) is 5.16 Å². The monoisotopic (exact) mass is 233 g/mol. The highest BCUT2D eigenvalue weighted by Gasteiger charge is 2.13. The first kappa shape index (κ1) is 11.2. The molecule has 0 spiro atoms. The summed E-state index contributed by atoms with van der Waals surface area (Å²) >= 11 is 1.70. The molecule has 0 amide bonds. The van der Waals surface area contributed by atoms with Crippen molar-refractivity contribution in [3.05, 3.63) is 48.3 Å². The van der Waals surface area contributed by atoms with Crippen LogP contribution in [0.15, 0.2) is 47.9 Å². The summed E-state index contributed by atoms with van der Waals surface area (Å²) in [6.07, 6.45) is 3.75. The van der Waals surface area contributed by atoms with Crippen LogP contribution in [0.4, 0.5) is 0 Å². The smallest absolute Gasteiger partial charge is 0.168 e. The van der Waals surface area contributed by atoms with Crippen LogP contribution < -0.4 is 5.73 Å². The first-order chi connectivity index (χ1) is 7.81. The first-order valence-corrected chi connectivity index (χ1v) is 6.08. The third-order valence-corrected chi connectivity index (χ3v) is 3.76. The third kappa shape index (κ3) is 2.46. The van der Waals surface area contributed by atoms with Gasteiger partial charge in [0.05, 0.1) is 0 Å². The molecule has 0 saturated carbocycles. The van der Waals surface area contributed by atoms with Gasteiger partial charge in [0, 0.05) is 31.2 Å². The van der Waals surface area contributed by atoms with Crippen molar-refractivity contribution < 1.29 is 0 Å². The fraction of sp³-hybridized carbons (Fsp3) is 0.250. The lowest BCUT2D eigenvalue weighted by atomic mass is 10.1. The van der Waals surface area contributed by atoms with Gasteiger partial charge in [0.15, 0.2) is 5.16 Å². The maximum Gasteiger partial charge on any atom is 0.168 e. The number of hydrogen-bond acceptors (Lipinski definition) is 3. The maximum atomic E-state index is 5.81. The number of nitrogens with two attached hydrogens (primary N) is 1. The van der Waals surface area contributed by atoms with Crippen LogP contribution in [0.1, 0.15) is 10.8 Å². The molecule has 84 valence electrons. The molecule has 0 aliphatic rings. The molecule has 1 aromatic heterocycles. The number of benzene rings is 1. The summed E-state index contributed by atoms with van der Waals surface area (Å²) in [5, 5.41) is 1.27. The molecular weight excluding hydrogens is 218 g/mol. The van der Waals surface area contributed by atoms with Crippen LogP contribution in [0.5, 0.6) is 0 Å². The molecule has 4 heteroatoms. The highest BCUT2D eigenvalue weighted by molar-refractivity contribution is 7.99. The Bertz CT molecular complexity index is 439. The van der Waals surface area contributed by atoms with Gasteiger partial charge < -0.3 is 10.3 Å². The summed E-state index contributed by atoms with van der Waals surface area (Å²) in [7, 11) is 1.99. The van der Waals surface area contributed by atoms with Gasteiger partial charge in [-0.2, -0.15) is 0 Å². The molecule has 1 atom stereocenters. The van der Waals surface area contributed by atoms with E-state index < -0.39 is 0 Å². The number of aromatic nitrogens is 2. The summed E-state index contributed by atoms with van der Waals surface area (Å²) in [5.41, 5.74) is 7.06. The van der Waals surface area contributed by atoms with E-state index in [1.165, 1.54) is 5.56 Å². The second-order valence-electron chi connectivity index (χ2n) is 3.57. The van der Waals surface area contributed by atoms with E-state index in [0.29, 0.717) is 6.54 Å².